The summed E-state index contributed by atoms with van der Waals surface area (Å²) in [6, 6.07) is 28.1. The Hall–Kier alpha value is -12.2. The molecule has 3 amide bonds. The second-order valence-corrected chi connectivity index (χ2v) is 40.6. The van der Waals surface area contributed by atoms with E-state index < -0.39 is 45.3 Å². The molecule has 35 nitrogen and oxygen atoms in total. The van der Waals surface area contributed by atoms with Gasteiger partial charge in [0.25, 0.3) is 0 Å². The number of alkyl halides is 3. The predicted octanol–water partition coefficient (Wildman–Crippen LogP) is 13.1. The lowest BCUT2D eigenvalue weighted by Gasteiger charge is -2.32. The first kappa shape index (κ1) is 97.8. The van der Waals surface area contributed by atoms with Crippen molar-refractivity contribution in [3.05, 3.63) is 150 Å². The zero-order chi connectivity index (χ0) is 95.5. The molecule has 5 aliphatic heterocycles. The van der Waals surface area contributed by atoms with Gasteiger partial charge >= 0.3 is 41.0 Å². The number of nitriles is 3. The topological polar surface area (TPSA) is 418 Å². The van der Waals surface area contributed by atoms with Gasteiger partial charge in [0.15, 0.2) is 5.75 Å². The zero-order valence-electron chi connectivity index (χ0n) is 77.1. The molecular formula is C92H109BBrClF3N21O14S. The summed E-state index contributed by atoms with van der Waals surface area (Å²) in [5, 5.41) is 49.2. The summed E-state index contributed by atoms with van der Waals surface area (Å²) in [6.45, 7) is 39.2. The van der Waals surface area contributed by atoms with Gasteiger partial charge in [0.2, 0.25) is 0 Å². The van der Waals surface area contributed by atoms with Gasteiger partial charge in [0.1, 0.15) is 86.6 Å². The molecule has 134 heavy (non-hydrogen) atoms. The molecule has 5 saturated heterocycles. The fraction of sp³-hybridized carbons (Fsp3) is 0.489. The standard InChI is InChI=1S/C25H28N6O3.C21H32BN3O4.C20H20N6O.C15H20BrN3O2.C11H8F3N3O4S.ClH/c1-5-33-17-8-18(23-16(9-26)11-28-31(23)12-17)15-6-7-21(27-10-15)30-13-19-20(14-30)22(19)29-24(32)34-25(2,3)4;1-19(2,3)27-18(26)24-17-14-11-25(12-15(14)17)16-9-8-13(10-23-16)22-28-20(4,5)21(6,7)29-22;1-2-27-14-5-15(20-13(6-21)8-24-26(20)9-14)12-3-4-18(23-7-12)25-10-16-17(11-25)19(16)22;1-15(2,3)21-14(20)18-13-10-7-19(8-11(10)13)12-5-4-9(16)6-17-12;1-2-20-8-3-9(21-22(18,19)11(12,13)14)10-7(4-15)5-16-17(10)6-8;/h6-8,10-12,19-20,22H,5,13-14H2,1-4H3,(H,29,32);8-10,14-15,17H,11-12H2,1-7H3,(H,24,26);3-5,7-9,16-17,19H,2,10-11,22H2,1H3;4-6,10-11,13H,7-8H2,1-3H3,(H,18,20);3,5-6H,2H2,1H3;1H/t19-,20+,22?;14-,15+,17?;16-,17+,19?;10-,11+,13?;;. The highest BCUT2D eigenvalue weighted by Gasteiger charge is 2.60. The minimum atomic E-state index is -5.88. The molecule has 9 fully saturated rings. The fourth-order valence-corrected chi connectivity index (χ4v) is 18.2. The summed E-state index contributed by atoms with van der Waals surface area (Å²) in [7, 11) is -6.28. The number of alkyl carbamates (subject to hydrolysis) is 3. The number of nitrogens with one attached hydrogen (secondary N) is 3. The molecule has 12 atom stereocenters. The summed E-state index contributed by atoms with van der Waals surface area (Å²) >= 11 is 3.39. The molecule has 5 N–H and O–H groups in total. The lowest BCUT2D eigenvalue weighted by atomic mass is 9.80. The number of amides is 3. The second kappa shape index (κ2) is 38.3. The SMILES string of the molecule is CC(C)(C)OC(=O)NC1[C@H]2CN(c3ccc(B4OC(C)(C)C(C)(C)O4)cn3)C[C@@H]12.CC(C)(C)OC(=O)NC1[C@H]2CN(c3ccc(Br)cn3)C[C@@H]12.CCOc1cc(-c2ccc(N3C[C@@H]4C(N)[C@@H]4C3)nc2)c2c(C#N)cnn2c1.CCOc1cc(-c2ccc(N3C[C@@H]4C(NC(=O)OC(C)(C)C)[C@@H]4C3)nc2)c2c(C#N)cnn2c1.CCOc1cc(OS(=O)(=O)C(F)(F)F)c2c(C#N)cnn2c1.Cl. The van der Waals surface area contributed by atoms with Crippen LogP contribution in [0.2, 0.25) is 0 Å². The number of piperidine rings is 4. The fourth-order valence-electron chi connectivity index (χ4n) is 17.5. The Morgan fingerprint density at radius 1 is 0.493 bits per heavy atom. The van der Waals surface area contributed by atoms with Crippen molar-refractivity contribution in [1.29, 1.82) is 15.8 Å². The molecule has 0 bridgehead atoms. The van der Waals surface area contributed by atoms with Gasteiger partial charge in [0.05, 0.1) is 90.4 Å². The van der Waals surface area contributed by atoms with Crippen LogP contribution in [0, 0.1) is 81.3 Å². The lowest BCUT2D eigenvalue weighted by molar-refractivity contribution is -0.0500. The van der Waals surface area contributed by atoms with Crippen LogP contribution < -0.4 is 65.1 Å². The van der Waals surface area contributed by atoms with Gasteiger partial charge in [-0.2, -0.15) is 52.7 Å². The van der Waals surface area contributed by atoms with Crippen LogP contribution in [0.1, 0.15) is 127 Å². The van der Waals surface area contributed by atoms with Crippen LogP contribution in [0.5, 0.6) is 23.0 Å². The molecule has 42 heteroatoms. The quantitative estimate of drug-likeness (QED) is 0.0268. The molecule has 710 valence electrons. The van der Waals surface area contributed by atoms with Crippen molar-refractivity contribution in [2.75, 3.05) is 91.8 Å². The molecule has 4 unspecified atom stereocenters. The number of halogens is 5. The van der Waals surface area contributed by atoms with E-state index in [2.05, 4.69) is 98.0 Å². The van der Waals surface area contributed by atoms with Crippen molar-refractivity contribution < 1.29 is 77.9 Å². The first-order valence-corrected chi connectivity index (χ1v) is 46.3. The Bertz CT molecular complexity index is 6180. The molecule has 0 radical (unpaired) electrons. The Labute approximate surface area is 789 Å². The first-order chi connectivity index (χ1) is 62.8. The molecule has 19 rings (SSSR count). The maximum atomic E-state index is 12.4. The molecule has 0 spiro atoms. The smallest absolute Gasteiger partial charge is 0.492 e. The van der Waals surface area contributed by atoms with Crippen LogP contribution in [-0.4, -0.2) is 212 Å². The largest absolute Gasteiger partial charge is 0.534 e. The molecular weight excluding hydrogens is 1840 g/mol. The van der Waals surface area contributed by atoms with Crippen LogP contribution in [0.3, 0.4) is 0 Å². The van der Waals surface area contributed by atoms with Crippen LogP contribution in [0.25, 0.3) is 38.8 Å². The molecule has 10 aromatic heterocycles. The molecule has 4 aliphatic carbocycles. The van der Waals surface area contributed by atoms with E-state index >= 15 is 0 Å². The Kier molecular flexibility index (Phi) is 28.0. The highest BCUT2D eigenvalue weighted by Crippen LogP contribution is 2.51. The Morgan fingerprint density at radius 3 is 1.12 bits per heavy atom. The number of carbonyl (C=O) groups is 3. The number of hydrogen-bond donors (Lipinski definition) is 4. The Morgan fingerprint density at radius 2 is 0.813 bits per heavy atom. The first-order valence-electron chi connectivity index (χ1n) is 44.1. The van der Waals surface area contributed by atoms with Crippen molar-refractivity contribution in [2.24, 2.45) is 53.1 Å². The molecule has 15 heterocycles. The van der Waals surface area contributed by atoms with E-state index in [-0.39, 0.29) is 83.5 Å². The van der Waals surface area contributed by atoms with Gasteiger partial charge in [-0.1, -0.05) is 6.07 Å². The second-order valence-electron chi connectivity index (χ2n) is 38.1. The minimum Gasteiger partial charge on any atom is -0.492 e. The molecule has 9 aliphatic rings. The monoisotopic (exact) mass is 1950 g/mol. The number of nitrogens with zero attached hydrogens (tertiary/aromatic N) is 17. The van der Waals surface area contributed by atoms with Crippen LogP contribution in [-0.2, 0) is 33.6 Å². The van der Waals surface area contributed by atoms with E-state index in [1.807, 2.05) is 189 Å². The lowest BCUT2D eigenvalue weighted by Crippen LogP contribution is -2.41. The highest BCUT2D eigenvalue weighted by molar-refractivity contribution is 9.10. The number of nitrogens with two attached hydrogens (primary N) is 1. The average molecular weight is 1950 g/mol. The summed E-state index contributed by atoms with van der Waals surface area (Å²) in [5.41, 5.74) is 4.99. The number of ether oxygens (including phenoxy) is 6. The van der Waals surface area contributed by atoms with Crippen LogP contribution in [0.15, 0.2) is 133 Å². The number of rotatable bonds is 18. The third-order valence-electron chi connectivity index (χ3n) is 24.8. The summed E-state index contributed by atoms with van der Waals surface area (Å²) in [5.74, 6) is 8.62. The average Bonchev–Trinajstić information content (AvgIpc) is 1.61. The van der Waals surface area contributed by atoms with E-state index in [4.69, 9.17) is 53.7 Å². The van der Waals surface area contributed by atoms with E-state index in [1.54, 1.807) is 46.8 Å². The highest BCUT2D eigenvalue weighted by atomic mass is 79.9. The summed E-state index contributed by atoms with van der Waals surface area (Å²) in [4.78, 5) is 63.3. The number of carbonyl (C=O) groups excluding carboxylic acids is 3. The van der Waals surface area contributed by atoms with Gasteiger partial charge in [-0.05, 0) is 193 Å². The van der Waals surface area contributed by atoms with E-state index in [1.165, 1.54) is 6.20 Å². The Balaban J connectivity index is 0.000000136. The van der Waals surface area contributed by atoms with Crippen molar-refractivity contribution in [2.45, 2.75) is 168 Å². The summed E-state index contributed by atoms with van der Waals surface area (Å²) in [6.07, 6.45) is 15.4. The number of anilines is 4. The predicted molar refractivity (Wildman–Crippen MR) is 499 cm³/mol. The number of fused-ring (bicyclic) bond motifs is 7. The molecule has 4 saturated carbocycles. The molecule has 10 aromatic rings. The third-order valence-corrected chi connectivity index (χ3v) is 26.3. The van der Waals surface area contributed by atoms with Crippen molar-refractivity contribution in [1.82, 2.24) is 64.7 Å². The maximum Gasteiger partial charge on any atom is 0.534 e. The number of pyridine rings is 7. The maximum absolute atomic E-state index is 12.4. The van der Waals surface area contributed by atoms with Crippen molar-refractivity contribution in [3.63, 3.8) is 0 Å². The van der Waals surface area contributed by atoms with Crippen molar-refractivity contribution >= 4 is 109 Å². The van der Waals surface area contributed by atoms with E-state index in [9.17, 15) is 46.5 Å². The van der Waals surface area contributed by atoms with Gasteiger partial charge < -0.3 is 83.2 Å². The summed E-state index contributed by atoms with van der Waals surface area (Å²) < 4.78 is 114. The van der Waals surface area contributed by atoms with Crippen LogP contribution >= 0.6 is 28.3 Å². The number of hydrogen-bond acceptors (Lipinski definition) is 29. The third kappa shape index (κ3) is 21.9. The van der Waals surface area contributed by atoms with Crippen LogP contribution in [0.4, 0.5) is 50.8 Å². The normalized spacial score (nSPS) is 22.7. The van der Waals surface area contributed by atoms with Gasteiger partial charge in [-0.15, -0.1) is 12.4 Å². The number of aromatic nitrogens is 10. The van der Waals surface area contributed by atoms with E-state index in [0.717, 1.165) is 136 Å². The molecule has 0 aromatic carbocycles. The van der Waals surface area contributed by atoms with Gasteiger partial charge in [-0.25, -0.2) is 47.9 Å². The van der Waals surface area contributed by atoms with Gasteiger partial charge in [0, 0.05) is 175 Å². The van der Waals surface area contributed by atoms with E-state index in [0.29, 0.717) is 89.2 Å². The zero-order valence-corrected chi connectivity index (χ0v) is 80.4. The van der Waals surface area contributed by atoms with Crippen molar-refractivity contribution in [3.8, 4) is 63.5 Å². The van der Waals surface area contributed by atoms with Gasteiger partial charge in [-0.3, -0.25) is 0 Å². The minimum absolute atomic E-state index is 0.